The number of nitrogens with zero attached hydrogens (tertiary/aromatic N) is 8. The third-order valence-electron chi connectivity index (χ3n) is 5.46. The van der Waals surface area contributed by atoms with Crippen molar-refractivity contribution >= 4 is 28.8 Å². The SMILES string of the molecule is CNC(=O)[C@H]1O[C@@H](n2cnc3c(NCc4cc(C)no4)nc(N=[N+]=[N-])nc32)[C@@H]2OC(C)(C)O[C@@H]21. The summed E-state index contributed by atoms with van der Waals surface area (Å²) in [6, 6.07) is 1.78. The van der Waals surface area contributed by atoms with Gasteiger partial charge in [-0.25, -0.2) is 15.0 Å². The van der Waals surface area contributed by atoms with Crippen LogP contribution in [0.5, 0.6) is 0 Å². The Morgan fingerprint density at radius 2 is 2.12 bits per heavy atom. The minimum absolute atomic E-state index is 0.116. The van der Waals surface area contributed by atoms with E-state index in [4.69, 9.17) is 24.3 Å². The van der Waals surface area contributed by atoms with Gasteiger partial charge in [0.2, 0.25) is 5.95 Å². The van der Waals surface area contributed by atoms with Crippen molar-refractivity contribution in [3.8, 4) is 0 Å². The van der Waals surface area contributed by atoms with Crippen LogP contribution in [0.4, 0.5) is 11.8 Å². The molecule has 0 unspecified atom stereocenters. The van der Waals surface area contributed by atoms with Crippen LogP contribution in [0.3, 0.4) is 0 Å². The number of aryl methyl sites for hydroxylation is 1. The molecule has 0 spiro atoms. The smallest absolute Gasteiger partial charge is 0.251 e. The van der Waals surface area contributed by atoms with Gasteiger partial charge in [-0.3, -0.25) is 9.36 Å². The van der Waals surface area contributed by atoms with Crippen LogP contribution >= 0.6 is 0 Å². The summed E-state index contributed by atoms with van der Waals surface area (Å²) in [4.78, 5) is 28.3. The third-order valence-corrected chi connectivity index (χ3v) is 5.46. The zero-order valence-electron chi connectivity index (χ0n) is 18.8. The lowest BCUT2D eigenvalue weighted by Crippen LogP contribution is -2.41. The Kier molecular flexibility index (Phi) is 5.32. The van der Waals surface area contributed by atoms with E-state index in [0.717, 1.165) is 5.69 Å². The molecule has 2 N–H and O–H groups in total. The van der Waals surface area contributed by atoms with E-state index in [9.17, 15) is 4.79 Å². The molecule has 2 aliphatic heterocycles. The second-order valence-electron chi connectivity index (χ2n) is 8.30. The van der Waals surface area contributed by atoms with Crippen molar-refractivity contribution in [2.45, 2.75) is 57.6 Å². The fourth-order valence-electron chi connectivity index (χ4n) is 4.12. The van der Waals surface area contributed by atoms with Crippen LogP contribution in [-0.2, 0) is 25.5 Å². The molecule has 2 aliphatic rings. The molecule has 15 heteroatoms. The fourth-order valence-corrected chi connectivity index (χ4v) is 4.12. The van der Waals surface area contributed by atoms with Crippen molar-refractivity contribution in [2.75, 3.05) is 12.4 Å². The first-order valence-electron chi connectivity index (χ1n) is 10.5. The van der Waals surface area contributed by atoms with Crippen molar-refractivity contribution in [3.63, 3.8) is 0 Å². The van der Waals surface area contributed by atoms with Gasteiger partial charge in [-0.2, -0.15) is 0 Å². The number of ether oxygens (including phenoxy) is 3. The normalized spacial score (nSPS) is 25.2. The minimum atomic E-state index is -0.910. The number of amides is 1. The Labute approximate surface area is 192 Å². The summed E-state index contributed by atoms with van der Waals surface area (Å²) in [6.07, 6.45) is -1.42. The average Bonchev–Trinajstić information content (AvgIpc) is 3.54. The first-order valence-corrected chi connectivity index (χ1v) is 10.5. The highest BCUT2D eigenvalue weighted by Crippen LogP contribution is 2.44. The zero-order valence-corrected chi connectivity index (χ0v) is 18.8. The van der Waals surface area contributed by atoms with Crippen LogP contribution in [0.1, 0.15) is 31.5 Å². The van der Waals surface area contributed by atoms with E-state index in [2.05, 4.69) is 40.8 Å². The Bertz CT molecular complexity index is 1300. The molecule has 0 radical (unpaired) electrons. The Morgan fingerprint density at radius 3 is 2.82 bits per heavy atom. The highest BCUT2D eigenvalue weighted by atomic mass is 16.8. The Hall–Kier alpha value is -3.78. The number of carbonyl (C=O) groups excluding carboxylic acids is 1. The molecular weight excluding hydrogens is 448 g/mol. The summed E-state index contributed by atoms with van der Waals surface area (Å²) in [6.45, 7) is 5.62. The maximum absolute atomic E-state index is 12.5. The lowest BCUT2D eigenvalue weighted by atomic mass is 10.1. The van der Waals surface area contributed by atoms with E-state index in [-0.39, 0.29) is 18.4 Å². The van der Waals surface area contributed by atoms with Crippen molar-refractivity contribution in [3.05, 3.63) is 34.3 Å². The molecule has 0 saturated carbocycles. The van der Waals surface area contributed by atoms with E-state index < -0.39 is 30.3 Å². The van der Waals surface area contributed by atoms with Crippen LogP contribution in [-0.4, -0.2) is 61.7 Å². The largest absolute Gasteiger partial charge is 0.361 e. The molecule has 4 atom stereocenters. The summed E-state index contributed by atoms with van der Waals surface area (Å²) in [5.74, 6) is -0.455. The predicted molar refractivity (Wildman–Crippen MR) is 114 cm³/mol. The zero-order chi connectivity index (χ0) is 24.0. The molecule has 0 aliphatic carbocycles. The molecule has 5 heterocycles. The van der Waals surface area contributed by atoms with E-state index >= 15 is 0 Å². The molecule has 0 bridgehead atoms. The highest BCUT2D eigenvalue weighted by molar-refractivity contribution is 5.84. The number of anilines is 1. The van der Waals surface area contributed by atoms with Crippen LogP contribution in [0, 0.1) is 6.92 Å². The number of fused-ring (bicyclic) bond motifs is 2. The number of hydrogen-bond donors (Lipinski definition) is 2. The van der Waals surface area contributed by atoms with E-state index in [1.165, 1.54) is 13.4 Å². The fraction of sp³-hybridized carbons (Fsp3) is 0.526. The van der Waals surface area contributed by atoms with Crippen LogP contribution in [0.2, 0.25) is 0 Å². The number of imidazole rings is 1. The third kappa shape index (κ3) is 3.80. The van der Waals surface area contributed by atoms with Gasteiger partial charge < -0.3 is 29.4 Å². The molecule has 3 aromatic rings. The van der Waals surface area contributed by atoms with Crippen LogP contribution < -0.4 is 10.6 Å². The minimum Gasteiger partial charge on any atom is -0.361 e. The number of carbonyl (C=O) groups is 1. The predicted octanol–water partition coefficient (Wildman–Crippen LogP) is 1.84. The van der Waals surface area contributed by atoms with Crippen molar-refractivity contribution in [2.24, 2.45) is 5.11 Å². The first-order chi connectivity index (χ1) is 16.3. The van der Waals surface area contributed by atoms with Gasteiger partial charge in [-0.15, -0.1) is 0 Å². The molecule has 2 saturated heterocycles. The molecule has 5 rings (SSSR count). The average molecular weight is 470 g/mol. The van der Waals surface area contributed by atoms with Gasteiger partial charge in [-0.05, 0) is 31.4 Å². The Morgan fingerprint density at radius 1 is 1.32 bits per heavy atom. The van der Waals surface area contributed by atoms with Gasteiger partial charge in [0, 0.05) is 18.0 Å². The Balaban J connectivity index is 1.54. The lowest BCUT2D eigenvalue weighted by molar-refractivity contribution is -0.197. The topological polar surface area (TPSA) is 187 Å². The lowest BCUT2D eigenvalue weighted by Gasteiger charge is -2.24. The van der Waals surface area contributed by atoms with Crippen molar-refractivity contribution in [1.29, 1.82) is 0 Å². The van der Waals surface area contributed by atoms with Crippen molar-refractivity contribution in [1.82, 2.24) is 30.0 Å². The van der Waals surface area contributed by atoms with Crippen molar-refractivity contribution < 1.29 is 23.5 Å². The van der Waals surface area contributed by atoms with Gasteiger partial charge in [-0.1, -0.05) is 5.16 Å². The number of hydrogen-bond acceptors (Lipinski definition) is 11. The van der Waals surface area contributed by atoms with Gasteiger partial charge in [0.25, 0.3) is 5.91 Å². The summed E-state index contributed by atoms with van der Waals surface area (Å²) < 4.78 is 24.9. The maximum Gasteiger partial charge on any atom is 0.251 e. The van der Waals surface area contributed by atoms with Crippen LogP contribution in [0.25, 0.3) is 21.6 Å². The number of azide groups is 1. The number of likely N-dealkylation sites (N-methyl/N-ethyl adjacent to an activating group) is 1. The molecule has 15 nitrogen and oxygen atoms in total. The number of nitrogens with one attached hydrogen (secondary N) is 2. The molecule has 178 valence electrons. The molecule has 3 aromatic heterocycles. The van der Waals surface area contributed by atoms with Crippen LogP contribution in [0.15, 0.2) is 22.0 Å². The first kappa shape index (κ1) is 22.0. The second kappa shape index (κ2) is 8.22. The summed E-state index contributed by atoms with van der Waals surface area (Å²) in [5.41, 5.74) is 10.4. The van der Waals surface area contributed by atoms with E-state index in [1.807, 2.05) is 6.92 Å². The standard InChI is InChI=1S/C19H22N10O5/c1-8-5-9(34-27-8)6-22-14-10-15(25-18(24-14)26-28-20)29(7-23-10)17-13-11(32-19(2,3)33-13)12(31-17)16(30)21-4/h5,7,11-13,17H,6H2,1-4H3,(H,21,30)(H,22,24,25)/t11-,12+,13-,17-/m1/s1. The molecule has 2 fully saturated rings. The highest BCUT2D eigenvalue weighted by Gasteiger charge is 2.58. The number of rotatable bonds is 6. The van der Waals surface area contributed by atoms with E-state index in [1.54, 1.807) is 24.5 Å². The molecule has 1 amide bonds. The van der Waals surface area contributed by atoms with Gasteiger partial charge in [0.05, 0.1) is 18.6 Å². The van der Waals surface area contributed by atoms with E-state index in [0.29, 0.717) is 22.7 Å². The summed E-state index contributed by atoms with van der Waals surface area (Å²) >= 11 is 0. The molecule has 0 aromatic carbocycles. The summed E-state index contributed by atoms with van der Waals surface area (Å²) in [7, 11) is 1.52. The van der Waals surface area contributed by atoms with Gasteiger partial charge in [0.15, 0.2) is 40.9 Å². The summed E-state index contributed by atoms with van der Waals surface area (Å²) in [5, 5.41) is 13.1. The van der Waals surface area contributed by atoms with Gasteiger partial charge in [0.1, 0.15) is 12.2 Å². The van der Waals surface area contributed by atoms with Gasteiger partial charge >= 0.3 is 0 Å². The second-order valence-corrected chi connectivity index (χ2v) is 8.30. The number of aromatic nitrogens is 5. The molecule has 34 heavy (non-hydrogen) atoms. The maximum atomic E-state index is 12.5. The monoisotopic (exact) mass is 470 g/mol. The quantitative estimate of drug-likeness (QED) is 0.305. The molecular formula is C19H22N10O5.